The van der Waals surface area contributed by atoms with Crippen LogP contribution in [0.4, 0.5) is 4.79 Å². The minimum absolute atomic E-state index is 0.0858. The second kappa shape index (κ2) is 6.78. The summed E-state index contributed by atoms with van der Waals surface area (Å²) in [6.07, 6.45) is 1.37. The molecule has 2 heterocycles. The average Bonchev–Trinajstić information content (AvgIpc) is 2.76. The number of hydrogen-bond acceptors (Lipinski definition) is 6. The maximum Gasteiger partial charge on any atom is 0.407 e. The Morgan fingerprint density at radius 2 is 2.09 bits per heavy atom. The zero-order valence-corrected chi connectivity index (χ0v) is 15.8. The van der Waals surface area contributed by atoms with Gasteiger partial charge < -0.3 is 10.1 Å². The van der Waals surface area contributed by atoms with E-state index in [-0.39, 0.29) is 12.0 Å². The number of halogens is 1. The molecule has 0 saturated carbocycles. The minimum atomic E-state index is -0.569. The number of carbonyl (C=O) groups is 1. The van der Waals surface area contributed by atoms with Gasteiger partial charge in [-0.3, -0.25) is 4.79 Å². The van der Waals surface area contributed by atoms with Crippen LogP contribution in [-0.2, 0) is 11.3 Å². The van der Waals surface area contributed by atoms with E-state index in [1.165, 1.54) is 34.4 Å². The molecule has 0 bridgehead atoms. The Balaban J connectivity index is 2.28. The number of alkyl carbamates (subject to hydrolysis) is 1. The van der Waals surface area contributed by atoms with Gasteiger partial charge in [0.1, 0.15) is 5.60 Å². The molecule has 4 nitrogen and oxygen atoms in total. The van der Waals surface area contributed by atoms with Crippen molar-refractivity contribution in [2.75, 3.05) is 6.26 Å². The summed E-state index contributed by atoms with van der Waals surface area (Å²) in [5.74, 6) is 0. The van der Waals surface area contributed by atoms with Gasteiger partial charge in [-0.15, -0.1) is 34.4 Å². The van der Waals surface area contributed by atoms with Gasteiger partial charge in [-0.2, -0.15) is 0 Å². The highest BCUT2D eigenvalue weighted by molar-refractivity contribution is 8.00. The molecule has 0 unspecified atom stereocenters. The number of rotatable bonds is 3. The number of thiophene rings is 1. The van der Waals surface area contributed by atoms with E-state index in [1.807, 2.05) is 6.26 Å². The second-order valence-electron chi connectivity index (χ2n) is 5.51. The highest BCUT2D eigenvalue weighted by Gasteiger charge is 2.18. The number of amides is 1. The first-order chi connectivity index (χ1) is 10.2. The molecule has 1 N–H and O–H groups in total. The van der Waals surface area contributed by atoms with Crippen LogP contribution in [-0.4, -0.2) is 18.0 Å². The quantitative estimate of drug-likeness (QED) is 0.786. The predicted molar refractivity (Wildman–Crippen MR) is 95.8 cm³/mol. The van der Waals surface area contributed by atoms with E-state index in [9.17, 15) is 9.59 Å². The first-order valence-corrected chi connectivity index (χ1v) is 9.70. The van der Waals surface area contributed by atoms with Gasteiger partial charge in [-0.1, -0.05) is 11.6 Å². The van der Waals surface area contributed by atoms with Gasteiger partial charge in [-0.05, 0) is 33.1 Å². The van der Waals surface area contributed by atoms with E-state index in [1.54, 1.807) is 26.8 Å². The lowest BCUT2D eigenvalue weighted by molar-refractivity contribution is 0.0523. The molecule has 1 amide bonds. The molecule has 0 aliphatic carbocycles. The zero-order chi connectivity index (χ0) is 16.5. The van der Waals surface area contributed by atoms with Gasteiger partial charge in [0.15, 0.2) is 5.43 Å². The fourth-order valence-electron chi connectivity index (χ4n) is 1.77. The van der Waals surface area contributed by atoms with E-state index < -0.39 is 11.7 Å². The molecule has 2 aromatic rings. The highest BCUT2D eigenvalue weighted by Crippen LogP contribution is 2.36. The Morgan fingerprint density at radius 3 is 2.68 bits per heavy atom. The minimum Gasteiger partial charge on any atom is -0.444 e. The van der Waals surface area contributed by atoms with E-state index in [2.05, 4.69) is 5.32 Å². The Morgan fingerprint density at radius 1 is 1.41 bits per heavy atom. The molecular weight excluding hydrogens is 362 g/mol. The van der Waals surface area contributed by atoms with Gasteiger partial charge >= 0.3 is 6.09 Å². The monoisotopic (exact) mass is 377 g/mol. The number of ether oxygens (including phenoxy) is 1. The maximum atomic E-state index is 12.6. The highest BCUT2D eigenvalue weighted by atomic mass is 35.5. The topological polar surface area (TPSA) is 55.4 Å². The third-order valence-electron chi connectivity index (χ3n) is 2.61. The van der Waals surface area contributed by atoms with Crippen molar-refractivity contribution in [1.29, 1.82) is 0 Å². The number of fused-ring (bicyclic) bond motifs is 1. The summed E-state index contributed by atoms with van der Waals surface area (Å²) in [6.45, 7) is 5.52. The molecule has 0 aliphatic rings. The Bertz CT molecular complexity index is 761. The summed E-state index contributed by atoms with van der Waals surface area (Å²) < 4.78 is 7.56. The van der Waals surface area contributed by atoms with Gasteiger partial charge in [0, 0.05) is 5.56 Å². The molecule has 0 aliphatic heterocycles. The van der Waals surface area contributed by atoms with Crippen LogP contribution in [0.25, 0.3) is 9.40 Å². The smallest absolute Gasteiger partial charge is 0.407 e. The average molecular weight is 378 g/mol. The predicted octanol–water partition coefficient (Wildman–Crippen LogP) is 4.72. The van der Waals surface area contributed by atoms with E-state index in [0.29, 0.717) is 15.3 Å². The van der Waals surface area contributed by atoms with Crippen molar-refractivity contribution >= 4 is 61.5 Å². The van der Waals surface area contributed by atoms with Crippen molar-refractivity contribution in [2.24, 2.45) is 0 Å². The molecular formula is C14H16ClNO3S3. The Kier molecular flexibility index (Phi) is 5.42. The van der Waals surface area contributed by atoms with Crippen molar-refractivity contribution < 1.29 is 9.53 Å². The lowest BCUT2D eigenvalue weighted by atomic mass is 10.2. The SMILES string of the molecule is CSc1sc2sc(Cl)cc2c(=O)c1CNC(=O)OC(C)(C)C. The fourth-order valence-corrected chi connectivity index (χ4v) is 5.42. The molecule has 0 fully saturated rings. The van der Waals surface area contributed by atoms with Gasteiger partial charge in [-0.25, -0.2) is 4.79 Å². The Hall–Kier alpha value is -0.760. The summed E-state index contributed by atoms with van der Waals surface area (Å²) >= 11 is 10.4. The lowest BCUT2D eigenvalue weighted by Crippen LogP contribution is -2.33. The molecule has 0 radical (unpaired) electrons. The van der Waals surface area contributed by atoms with Crippen LogP contribution in [0.1, 0.15) is 26.3 Å². The van der Waals surface area contributed by atoms with E-state index in [4.69, 9.17) is 16.3 Å². The first kappa shape index (κ1) is 17.6. The van der Waals surface area contributed by atoms with Crippen molar-refractivity contribution in [2.45, 2.75) is 37.1 Å². The molecule has 120 valence electrons. The van der Waals surface area contributed by atoms with E-state index >= 15 is 0 Å². The second-order valence-corrected chi connectivity index (χ2v) is 9.55. The zero-order valence-electron chi connectivity index (χ0n) is 12.6. The van der Waals surface area contributed by atoms with Crippen LogP contribution >= 0.6 is 46.0 Å². The van der Waals surface area contributed by atoms with Crippen molar-refractivity contribution in [3.63, 3.8) is 0 Å². The van der Waals surface area contributed by atoms with Gasteiger partial charge in [0.2, 0.25) is 0 Å². The van der Waals surface area contributed by atoms with E-state index in [0.717, 1.165) is 8.22 Å². The van der Waals surface area contributed by atoms with Crippen LogP contribution in [0.5, 0.6) is 0 Å². The molecule has 0 aromatic carbocycles. The number of hydrogen-bond donors (Lipinski definition) is 1. The van der Waals surface area contributed by atoms with Crippen molar-refractivity contribution in [3.8, 4) is 0 Å². The van der Waals surface area contributed by atoms with Crippen LogP contribution < -0.4 is 10.7 Å². The Labute approximate surface area is 145 Å². The van der Waals surface area contributed by atoms with Crippen LogP contribution in [0, 0.1) is 0 Å². The molecule has 2 aromatic heterocycles. The summed E-state index contributed by atoms with van der Waals surface area (Å²) in [5.41, 5.74) is -0.0807. The summed E-state index contributed by atoms with van der Waals surface area (Å²) in [6, 6.07) is 1.68. The van der Waals surface area contributed by atoms with Gasteiger partial charge in [0.05, 0.1) is 24.5 Å². The molecule has 2 rings (SSSR count). The van der Waals surface area contributed by atoms with Crippen LogP contribution in [0.2, 0.25) is 4.34 Å². The summed E-state index contributed by atoms with van der Waals surface area (Å²) in [5, 5.41) is 3.26. The third-order valence-corrected chi connectivity index (χ3v) is 6.38. The lowest BCUT2D eigenvalue weighted by Gasteiger charge is -2.19. The fraction of sp³-hybridized carbons (Fsp3) is 0.429. The molecule has 8 heteroatoms. The van der Waals surface area contributed by atoms with Crippen molar-refractivity contribution in [3.05, 3.63) is 26.2 Å². The molecule has 0 spiro atoms. The number of carbonyl (C=O) groups excluding carboxylic acids is 1. The third kappa shape index (κ3) is 4.16. The first-order valence-electron chi connectivity index (χ1n) is 6.47. The standard InChI is InChI=1S/C14H16ClNO3S3/c1-14(2,3)19-13(18)16-6-8-10(17)7-5-9(15)21-12(7)22-11(8)20-4/h5H,6H2,1-4H3,(H,16,18). The van der Waals surface area contributed by atoms with Crippen molar-refractivity contribution in [1.82, 2.24) is 5.32 Å². The number of nitrogens with one attached hydrogen (secondary N) is 1. The molecule has 0 atom stereocenters. The molecule has 0 saturated heterocycles. The summed E-state index contributed by atoms with van der Waals surface area (Å²) in [4.78, 5) is 24.3. The van der Waals surface area contributed by atoms with Crippen LogP contribution in [0.15, 0.2) is 15.1 Å². The van der Waals surface area contributed by atoms with Gasteiger partial charge in [0.25, 0.3) is 0 Å². The molecule has 22 heavy (non-hydrogen) atoms. The number of thioether (sulfide) groups is 1. The summed E-state index contributed by atoms with van der Waals surface area (Å²) in [7, 11) is 0. The maximum absolute atomic E-state index is 12.6. The normalized spacial score (nSPS) is 11.7. The largest absolute Gasteiger partial charge is 0.444 e. The van der Waals surface area contributed by atoms with Crippen LogP contribution in [0.3, 0.4) is 0 Å².